The molecule has 1 aliphatic heterocycles. The van der Waals surface area contributed by atoms with Gasteiger partial charge in [-0.1, -0.05) is 23.2 Å². The number of aromatic hydroxyl groups is 1. The molecule has 2 N–H and O–H groups in total. The molecule has 2 rings (SSSR count). The maximum Gasteiger partial charge on any atom is 0.138 e. The molecule has 1 aromatic rings. The molecule has 1 unspecified atom stereocenters. The van der Waals surface area contributed by atoms with Gasteiger partial charge in [0.05, 0.1) is 5.02 Å². The monoisotopic (exact) mass is 288 g/mol. The second-order valence-corrected chi connectivity index (χ2v) is 5.65. The average Bonchev–Trinajstić information content (AvgIpc) is 2.36. The minimum Gasteiger partial charge on any atom is -0.506 e. The molecule has 0 saturated carbocycles. The molecule has 5 heteroatoms. The molecule has 1 aromatic carbocycles. The SMILES string of the molecule is CN(Cc1cc(Cl)cc(Cl)c1O)C1CCCNC1. The zero-order valence-electron chi connectivity index (χ0n) is 10.4. The molecule has 18 heavy (non-hydrogen) atoms. The lowest BCUT2D eigenvalue weighted by molar-refractivity contribution is 0.194. The predicted molar refractivity (Wildman–Crippen MR) is 75.5 cm³/mol. The van der Waals surface area contributed by atoms with Crippen LogP contribution in [0.2, 0.25) is 10.0 Å². The molecular weight excluding hydrogens is 271 g/mol. The number of benzene rings is 1. The van der Waals surface area contributed by atoms with E-state index in [4.69, 9.17) is 23.2 Å². The number of piperidine rings is 1. The first-order valence-corrected chi connectivity index (χ1v) is 6.91. The van der Waals surface area contributed by atoms with Crippen molar-refractivity contribution in [3.8, 4) is 5.75 Å². The highest BCUT2D eigenvalue weighted by Crippen LogP contribution is 2.32. The fourth-order valence-corrected chi connectivity index (χ4v) is 2.88. The van der Waals surface area contributed by atoms with Gasteiger partial charge in [0.1, 0.15) is 5.75 Å². The Balaban J connectivity index is 2.08. The topological polar surface area (TPSA) is 35.5 Å². The Labute approximate surface area is 118 Å². The summed E-state index contributed by atoms with van der Waals surface area (Å²) in [5.74, 6) is 0.136. The lowest BCUT2D eigenvalue weighted by Crippen LogP contribution is -2.43. The number of nitrogens with zero attached hydrogens (tertiary/aromatic N) is 1. The van der Waals surface area contributed by atoms with E-state index in [-0.39, 0.29) is 5.75 Å². The first-order chi connectivity index (χ1) is 8.58. The number of phenols is 1. The highest BCUT2D eigenvalue weighted by atomic mass is 35.5. The lowest BCUT2D eigenvalue weighted by atomic mass is 10.1. The van der Waals surface area contributed by atoms with Crippen molar-refractivity contribution in [1.29, 1.82) is 0 Å². The van der Waals surface area contributed by atoms with E-state index in [0.717, 1.165) is 18.7 Å². The van der Waals surface area contributed by atoms with Crippen molar-refractivity contribution < 1.29 is 5.11 Å². The van der Waals surface area contributed by atoms with Crippen LogP contribution in [0, 0.1) is 0 Å². The molecule has 1 fully saturated rings. The molecule has 0 bridgehead atoms. The number of hydrogen-bond donors (Lipinski definition) is 2. The third kappa shape index (κ3) is 3.29. The Morgan fingerprint density at radius 1 is 1.44 bits per heavy atom. The van der Waals surface area contributed by atoms with Gasteiger partial charge in [0.2, 0.25) is 0 Å². The molecule has 0 amide bonds. The fourth-order valence-electron chi connectivity index (χ4n) is 2.35. The minimum atomic E-state index is 0.136. The van der Waals surface area contributed by atoms with Crippen LogP contribution in [0.1, 0.15) is 18.4 Å². The quantitative estimate of drug-likeness (QED) is 0.898. The smallest absolute Gasteiger partial charge is 0.138 e. The molecule has 1 saturated heterocycles. The van der Waals surface area contributed by atoms with Crippen LogP contribution >= 0.6 is 23.2 Å². The van der Waals surface area contributed by atoms with Gasteiger partial charge in [-0.2, -0.15) is 0 Å². The van der Waals surface area contributed by atoms with Crippen molar-refractivity contribution in [1.82, 2.24) is 10.2 Å². The Morgan fingerprint density at radius 2 is 2.22 bits per heavy atom. The molecule has 1 atom stereocenters. The normalized spacial score (nSPS) is 20.3. The van der Waals surface area contributed by atoms with E-state index in [0.29, 0.717) is 22.6 Å². The molecule has 3 nitrogen and oxygen atoms in total. The van der Waals surface area contributed by atoms with E-state index in [1.807, 2.05) is 0 Å². The second-order valence-electron chi connectivity index (χ2n) is 4.81. The van der Waals surface area contributed by atoms with Crippen LogP contribution in [-0.4, -0.2) is 36.2 Å². The first-order valence-electron chi connectivity index (χ1n) is 6.16. The maximum absolute atomic E-state index is 9.94. The Kier molecular flexibility index (Phi) is 4.73. The number of halogens is 2. The van der Waals surface area contributed by atoms with E-state index in [1.165, 1.54) is 12.8 Å². The summed E-state index contributed by atoms with van der Waals surface area (Å²) in [5.41, 5.74) is 0.778. The van der Waals surface area contributed by atoms with Crippen molar-refractivity contribution in [2.45, 2.75) is 25.4 Å². The van der Waals surface area contributed by atoms with Crippen molar-refractivity contribution in [3.63, 3.8) is 0 Å². The summed E-state index contributed by atoms with van der Waals surface area (Å²) in [4.78, 5) is 2.23. The number of phenolic OH excluding ortho intramolecular Hbond substituents is 1. The summed E-state index contributed by atoms with van der Waals surface area (Å²) in [6.45, 7) is 2.74. The zero-order chi connectivity index (χ0) is 13.1. The summed E-state index contributed by atoms with van der Waals surface area (Å²) < 4.78 is 0. The summed E-state index contributed by atoms with van der Waals surface area (Å²) >= 11 is 11.9. The molecule has 100 valence electrons. The van der Waals surface area contributed by atoms with E-state index in [1.54, 1.807) is 12.1 Å². The summed E-state index contributed by atoms with van der Waals surface area (Å²) in [7, 11) is 2.06. The summed E-state index contributed by atoms with van der Waals surface area (Å²) in [6, 6.07) is 3.83. The van der Waals surface area contributed by atoms with Gasteiger partial charge in [0.25, 0.3) is 0 Å². The molecule has 1 aliphatic rings. The molecule has 0 spiro atoms. The standard InChI is InChI=1S/C13H18Cl2N2O/c1-17(11-3-2-4-16-7-11)8-9-5-10(14)6-12(15)13(9)18/h5-6,11,16,18H,2-4,7-8H2,1H3. The molecule has 0 radical (unpaired) electrons. The van der Waals surface area contributed by atoms with Crippen molar-refractivity contribution in [2.24, 2.45) is 0 Å². The largest absolute Gasteiger partial charge is 0.506 e. The van der Waals surface area contributed by atoms with Crippen LogP contribution in [0.3, 0.4) is 0 Å². The van der Waals surface area contributed by atoms with Crippen LogP contribution in [-0.2, 0) is 6.54 Å². The molecule has 1 heterocycles. The van der Waals surface area contributed by atoms with Crippen molar-refractivity contribution >= 4 is 23.2 Å². The first kappa shape index (κ1) is 13.9. The summed E-state index contributed by atoms with van der Waals surface area (Å²) in [5, 5.41) is 14.2. The van der Waals surface area contributed by atoms with Gasteiger partial charge >= 0.3 is 0 Å². The molecule has 0 aliphatic carbocycles. The Morgan fingerprint density at radius 3 is 2.89 bits per heavy atom. The Hall–Kier alpha value is -0.480. The predicted octanol–water partition coefficient (Wildman–Crippen LogP) is 2.88. The van der Waals surface area contributed by atoms with E-state index < -0.39 is 0 Å². The lowest BCUT2D eigenvalue weighted by Gasteiger charge is -2.31. The van der Waals surface area contributed by atoms with Gasteiger partial charge < -0.3 is 10.4 Å². The van der Waals surface area contributed by atoms with Gasteiger partial charge in [-0.05, 0) is 38.6 Å². The van der Waals surface area contributed by atoms with E-state index in [2.05, 4.69) is 17.3 Å². The van der Waals surface area contributed by atoms with Gasteiger partial charge in [0.15, 0.2) is 0 Å². The molecule has 0 aromatic heterocycles. The van der Waals surface area contributed by atoms with Gasteiger partial charge in [0, 0.05) is 29.7 Å². The number of nitrogens with one attached hydrogen (secondary N) is 1. The third-order valence-electron chi connectivity index (χ3n) is 3.42. The molecular formula is C13H18Cl2N2O. The third-order valence-corrected chi connectivity index (χ3v) is 3.93. The number of hydrogen-bond acceptors (Lipinski definition) is 3. The van der Waals surface area contributed by atoms with Crippen molar-refractivity contribution in [3.05, 3.63) is 27.7 Å². The van der Waals surface area contributed by atoms with Gasteiger partial charge in [-0.25, -0.2) is 0 Å². The van der Waals surface area contributed by atoms with Gasteiger partial charge in [-0.15, -0.1) is 0 Å². The van der Waals surface area contributed by atoms with Crippen LogP contribution in [0.5, 0.6) is 5.75 Å². The maximum atomic E-state index is 9.94. The summed E-state index contributed by atoms with van der Waals surface area (Å²) in [6.07, 6.45) is 2.37. The van der Waals surface area contributed by atoms with E-state index >= 15 is 0 Å². The number of rotatable bonds is 3. The second kappa shape index (κ2) is 6.11. The highest BCUT2D eigenvalue weighted by molar-refractivity contribution is 6.35. The van der Waals surface area contributed by atoms with Crippen LogP contribution in [0.15, 0.2) is 12.1 Å². The fraction of sp³-hybridized carbons (Fsp3) is 0.538. The average molecular weight is 289 g/mol. The zero-order valence-corrected chi connectivity index (χ0v) is 11.9. The van der Waals surface area contributed by atoms with Gasteiger partial charge in [-0.3, -0.25) is 4.90 Å². The van der Waals surface area contributed by atoms with E-state index in [9.17, 15) is 5.11 Å². The van der Waals surface area contributed by atoms with Crippen LogP contribution < -0.4 is 5.32 Å². The van der Waals surface area contributed by atoms with Crippen molar-refractivity contribution in [2.75, 3.05) is 20.1 Å². The van der Waals surface area contributed by atoms with Crippen LogP contribution in [0.4, 0.5) is 0 Å². The minimum absolute atomic E-state index is 0.136. The number of likely N-dealkylation sites (N-methyl/N-ethyl adjacent to an activating group) is 1. The van der Waals surface area contributed by atoms with Crippen LogP contribution in [0.25, 0.3) is 0 Å². The Bertz CT molecular complexity index is 420. The highest BCUT2D eigenvalue weighted by Gasteiger charge is 2.19.